The van der Waals surface area contributed by atoms with Crippen LogP contribution in [0.1, 0.15) is 29.5 Å². The summed E-state index contributed by atoms with van der Waals surface area (Å²) in [6, 6.07) is 4.15. The van der Waals surface area contributed by atoms with Gasteiger partial charge >= 0.3 is 0 Å². The van der Waals surface area contributed by atoms with Crippen LogP contribution in [0.3, 0.4) is 0 Å². The molecule has 0 fully saturated rings. The molecule has 0 bridgehead atoms. The second-order valence-electron chi connectivity index (χ2n) is 2.87. The van der Waals surface area contributed by atoms with Gasteiger partial charge in [-0.2, -0.15) is 0 Å². The van der Waals surface area contributed by atoms with Crippen LogP contribution in [0.4, 0.5) is 0 Å². The van der Waals surface area contributed by atoms with Crippen molar-refractivity contribution in [3.8, 4) is 11.8 Å². The van der Waals surface area contributed by atoms with Crippen LogP contribution >= 0.6 is 11.3 Å². The van der Waals surface area contributed by atoms with Gasteiger partial charge in [0.15, 0.2) is 0 Å². The lowest BCUT2D eigenvalue weighted by Gasteiger charge is -1.83. The Bertz CT molecular complexity index is 371. The van der Waals surface area contributed by atoms with Crippen molar-refractivity contribution in [1.82, 2.24) is 0 Å². The molecule has 1 rings (SSSR count). The summed E-state index contributed by atoms with van der Waals surface area (Å²) in [5.74, 6) is 5.87. The van der Waals surface area contributed by atoms with Crippen molar-refractivity contribution in [2.75, 3.05) is 0 Å². The Balaban J connectivity index is 2.63. The van der Waals surface area contributed by atoms with Crippen molar-refractivity contribution in [1.29, 1.82) is 0 Å². The lowest BCUT2D eigenvalue weighted by atomic mass is 10.3. The summed E-state index contributed by atoms with van der Waals surface area (Å²) in [7, 11) is 0. The van der Waals surface area contributed by atoms with Crippen LogP contribution in [0.25, 0.3) is 6.08 Å². The first-order valence-corrected chi connectivity index (χ1v) is 5.57. The molecule has 14 heavy (non-hydrogen) atoms. The molecule has 0 aliphatic rings. The summed E-state index contributed by atoms with van der Waals surface area (Å²) in [6.07, 6.45) is 8.33. The third kappa shape index (κ3) is 3.64. The van der Waals surface area contributed by atoms with E-state index in [1.165, 1.54) is 11.3 Å². The molecule has 72 valence electrons. The molecule has 1 aromatic rings. The van der Waals surface area contributed by atoms with Crippen molar-refractivity contribution in [3.63, 3.8) is 0 Å². The average molecular weight is 202 g/mol. The lowest BCUT2D eigenvalue weighted by molar-refractivity contribution is 0.962. The van der Waals surface area contributed by atoms with Gasteiger partial charge < -0.3 is 0 Å². The van der Waals surface area contributed by atoms with Crippen molar-refractivity contribution < 1.29 is 0 Å². The van der Waals surface area contributed by atoms with Crippen LogP contribution in [-0.4, -0.2) is 0 Å². The number of hydrogen-bond donors (Lipinski definition) is 0. The van der Waals surface area contributed by atoms with E-state index in [1.54, 1.807) is 17.4 Å². The molecule has 0 N–H and O–H groups in total. The van der Waals surface area contributed by atoms with Gasteiger partial charge in [-0.05, 0) is 30.7 Å². The number of allylic oxidation sites excluding steroid dienone is 2. The highest BCUT2D eigenvalue weighted by Gasteiger charge is 1.92. The number of unbranched alkanes of at least 4 members (excludes halogenated alkanes) is 1. The zero-order valence-electron chi connectivity index (χ0n) is 8.42. The van der Waals surface area contributed by atoms with Gasteiger partial charge in [-0.3, -0.25) is 0 Å². The summed E-state index contributed by atoms with van der Waals surface area (Å²) in [5.41, 5.74) is 0. The molecule has 0 aromatic carbocycles. The normalized spacial score (nSPS) is 9.79. The van der Waals surface area contributed by atoms with E-state index in [1.807, 2.05) is 6.07 Å². The first-order chi connectivity index (χ1) is 6.86. The standard InChI is InChI=1S/C13H14S/c1-3-5-7-9-13-11-10-12(14-13)8-6-4-2/h4,7,9-11H,2-3,5H2,1H3/b9-7+. The summed E-state index contributed by atoms with van der Waals surface area (Å²) in [4.78, 5) is 2.37. The molecule has 0 unspecified atom stereocenters. The van der Waals surface area contributed by atoms with Crippen LogP contribution in [0.15, 0.2) is 30.9 Å². The molecular weight excluding hydrogens is 188 g/mol. The van der Waals surface area contributed by atoms with Gasteiger partial charge in [-0.25, -0.2) is 0 Å². The van der Waals surface area contributed by atoms with Crippen LogP contribution < -0.4 is 0 Å². The Morgan fingerprint density at radius 2 is 2.36 bits per heavy atom. The van der Waals surface area contributed by atoms with Crippen LogP contribution in [0, 0.1) is 11.8 Å². The summed E-state index contributed by atoms with van der Waals surface area (Å²) in [6.45, 7) is 5.74. The fourth-order valence-corrected chi connectivity index (χ4v) is 1.80. The third-order valence-electron chi connectivity index (χ3n) is 1.66. The SMILES string of the molecule is C=CC#Cc1ccc(/C=C/CCC)s1. The first kappa shape index (κ1) is 10.8. The van der Waals surface area contributed by atoms with Crippen molar-refractivity contribution in [2.24, 2.45) is 0 Å². The monoisotopic (exact) mass is 202 g/mol. The maximum Gasteiger partial charge on any atom is 0.0778 e. The van der Waals surface area contributed by atoms with Gasteiger partial charge in [0.1, 0.15) is 0 Å². The summed E-state index contributed by atoms with van der Waals surface area (Å²) < 4.78 is 0. The molecule has 0 spiro atoms. The van der Waals surface area contributed by atoms with Gasteiger partial charge in [-0.15, -0.1) is 11.3 Å². The maximum atomic E-state index is 3.56. The lowest BCUT2D eigenvalue weighted by Crippen LogP contribution is -1.60. The van der Waals surface area contributed by atoms with E-state index in [2.05, 4.69) is 43.6 Å². The third-order valence-corrected chi connectivity index (χ3v) is 2.63. The molecule has 1 heterocycles. The minimum atomic E-state index is 1.10. The second kappa shape index (κ2) is 6.23. The number of thiophene rings is 1. The highest BCUT2D eigenvalue weighted by atomic mass is 32.1. The van der Waals surface area contributed by atoms with Crippen molar-refractivity contribution in [3.05, 3.63) is 40.6 Å². The molecule has 1 aromatic heterocycles. The molecule has 0 saturated carbocycles. The first-order valence-electron chi connectivity index (χ1n) is 4.75. The zero-order chi connectivity index (χ0) is 10.2. The molecule has 0 aliphatic heterocycles. The average Bonchev–Trinajstić information content (AvgIpc) is 2.63. The van der Waals surface area contributed by atoms with E-state index in [0.29, 0.717) is 0 Å². The fraction of sp³-hybridized carbons (Fsp3) is 0.231. The smallest absolute Gasteiger partial charge is 0.0778 e. The Labute approximate surface area is 90.0 Å². The predicted molar refractivity (Wildman–Crippen MR) is 65.3 cm³/mol. The van der Waals surface area contributed by atoms with E-state index in [4.69, 9.17) is 0 Å². The molecule has 0 amide bonds. The second-order valence-corrected chi connectivity index (χ2v) is 3.98. The Hall–Kier alpha value is -1.26. The minimum Gasteiger partial charge on any atom is -0.127 e. The molecule has 0 nitrogen and oxygen atoms in total. The Kier molecular flexibility index (Phi) is 4.82. The van der Waals surface area contributed by atoms with Crippen LogP contribution in [0.2, 0.25) is 0 Å². The molecule has 0 radical (unpaired) electrons. The Morgan fingerprint density at radius 1 is 1.50 bits per heavy atom. The van der Waals surface area contributed by atoms with Crippen molar-refractivity contribution in [2.45, 2.75) is 19.8 Å². The van der Waals surface area contributed by atoms with Crippen LogP contribution in [-0.2, 0) is 0 Å². The highest BCUT2D eigenvalue weighted by molar-refractivity contribution is 7.13. The minimum absolute atomic E-state index is 1.10. The fourth-order valence-electron chi connectivity index (χ4n) is 0.998. The van der Waals surface area contributed by atoms with Crippen molar-refractivity contribution >= 4 is 17.4 Å². The summed E-state index contributed by atoms with van der Waals surface area (Å²) >= 11 is 1.72. The number of hydrogen-bond acceptors (Lipinski definition) is 1. The molecule has 1 heteroatoms. The van der Waals surface area contributed by atoms with Gasteiger partial charge in [0.2, 0.25) is 0 Å². The van der Waals surface area contributed by atoms with Crippen LogP contribution in [0.5, 0.6) is 0 Å². The molecule has 0 aliphatic carbocycles. The summed E-state index contributed by atoms with van der Waals surface area (Å²) in [5, 5.41) is 0. The van der Waals surface area contributed by atoms with E-state index < -0.39 is 0 Å². The molecule has 0 saturated heterocycles. The Morgan fingerprint density at radius 3 is 3.07 bits per heavy atom. The largest absolute Gasteiger partial charge is 0.127 e. The quantitative estimate of drug-likeness (QED) is 0.647. The molecular formula is C13H14S. The predicted octanol–water partition coefficient (Wildman–Crippen LogP) is 4.10. The zero-order valence-corrected chi connectivity index (χ0v) is 9.23. The van der Waals surface area contributed by atoms with Gasteiger partial charge in [0, 0.05) is 4.88 Å². The van der Waals surface area contributed by atoms with Gasteiger partial charge in [0.05, 0.1) is 4.88 Å². The van der Waals surface area contributed by atoms with Gasteiger partial charge in [-0.1, -0.05) is 37.8 Å². The highest BCUT2D eigenvalue weighted by Crippen LogP contribution is 2.17. The maximum absolute atomic E-state index is 3.56. The van der Waals surface area contributed by atoms with E-state index in [-0.39, 0.29) is 0 Å². The van der Waals surface area contributed by atoms with E-state index in [0.717, 1.165) is 11.3 Å². The van der Waals surface area contributed by atoms with E-state index in [9.17, 15) is 0 Å². The van der Waals surface area contributed by atoms with Gasteiger partial charge in [0.25, 0.3) is 0 Å². The number of rotatable bonds is 3. The topological polar surface area (TPSA) is 0 Å². The van der Waals surface area contributed by atoms with E-state index >= 15 is 0 Å². The molecule has 0 atom stereocenters.